The molecule has 2 rings (SSSR count). The lowest BCUT2D eigenvalue weighted by Crippen LogP contribution is -2.37. The average Bonchev–Trinajstić information content (AvgIpc) is 2.49. The van der Waals surface area contributed by atoms with Gasteiger partial charge in [0.1, 0.15) is 5.82 Å². The van der Waals surface area contributed by atoms with Crippen LogP contribution in [0.3, 0.4) is 0 Å². The van der Waals surface area contributed by atoms with E-state index in [0.717, 1.165) is 30.5 Å². The van der Waals surface area contributed by atoms with Gasteiger partial charge in [-0.2, -0.15) is 0 Å². The maximum atomic E-state index is 12.6. The minimum atomic E-state index is -0.0334. The summed E-state index contributed by atoms with van der Waals surface area (Å²) in [4.78, 5) is 18.6. The molecule has 2 heterocycles. The van der Waals surface area contributed by atoms with Gasteiger partial charge in [0.2, 0.25) is 0 Å². The molecule has 1 unspecified atom stereocenters. The van der Waals surface area contributed by atoms with Crippen molar-refractivity contribution in [2.24, 2.45) is 0 Å². The number of hydrogen-bond donors (Lipinski definition) is 1. The molecule has 0 radical (unpaired) electrons. The molecule has 0 aliphatic carbocycles. The van der Waals surface area contributed by atoms with Crippen molar-refractivity contribution in [1.29, 1.82) is 0 Å². The highest BCUT2D eigenvalue weighted by Gasteiger charge is 2.22. The minimum Gasteiger partial charge on any atom is -0.376 e. The van der Waals surface area contributed by atoms with Gasteiger partial charge in [-0.15, -0.1) is 0 Å². The number of likely N-dealkylation sites (N-methyl/N-ethyl adjacent to an activating group) is 1. The van der Waals surface area contributed by atoms with Crippen LogP contribution in [0.25, 0.3) is 0 Å². The second-order valence-electron chi connectivity index (χ2n) is 5.25. The van der Waals surface area contributed by atoms with Crippen LogP contribution in [0.15, 0.2) is 16.7 Å². The number of hydrogen-bond acceptors (Lipinski definition) is 4. The second kappa shape index (κ2) is 7.75. The van der Waals surface area contributed by atoms with E-state index in [1.165, 1.54) is 6.42 Å². The number of rotatable bonds is 5. The van der Waals surface area contributed by atoms with E-state index in [1.54, 1.807) is 11.1 Å². The lowest BCUT2D eigenvalue weighted by Gasteiger charge is -2.27. The van der Waals surface area contributed by atoms with Crippen molar-refractivity contribution in [2.45, 2.75) is 32.3 Å². The zero-order chi connectivity index (χ0) is 15.2. The molecule has 1 saturated heterocycles. The molecule has 5 nitrogen and oxygen atoms in total. The van der Waals surface area contributed by atoms with Crippen LogP contribution in [0.5, 0.6) is 0 Å². The third kappa shape index (κ3) is 4.41. The van der Waals surface area contributed by atoms with Gasteiger partial charge in [0, 0.05) is 37.4 Å². The summed E-state index contributed by atoms with van der Waals surface area (Å²) in [7, 11) is 1.82. The average molecular weight is 356 g/mol. The first-order valence-corrected chi connectivity index (χ1v) is 8.17. The first-order valence-electron chi connectivity index (χ1n) is 7.38. The normalized spacial score (nSPS) is 18.3. The van der Waals surface area contributed by atoms with E-state index in [2.05, 4.69) is 26.2 Å². The van der Waals surface area contributed by atoms with E-state index in [-0.39, 0.29) is 12.0 Å². The van der Waals surface area contributed by atoms with Gasteiger partial charge in [-0.05, 0) is 48.2 Å². The van der Waals surface area contributed by atoms with Crippen molar-refractivity contribution in [1.82, 2.24) is 9.88 Å². The van der Waals surface area contributed by atoms with E-state index in [0.29, 0.717) is 17.9 Å². The van der Waals surface area contributed by atoms with E-state index < -0.39 is 0 Å². The highest BCUT2D eigenvalue weighted by Crippen LogP contribution is 2.20. The SMILES string of the molecule is CCNc1ncc(Br)cc1C(=O)N(C)CC1CCCCO1. The van der Waals surface area contributed by atoms with Crippen molar-refractivity contribution in [3.05, 3.63) is 22.3 Å². The summed E-state index contributed by atoms with van der Waals surface area (Å²) < 4.78 is 6.50. The number of nitrogens with zero attached hydrogens (tertiary/aromatic N) is 2. The number of ether oxygens (including phenoxy) is 1. The maximum Gasteiger partial charge on any atom is 0.257 e. The summed E-state index contributed by atoms with van der Waals surface area (Å²) in [6.45, 7) is 4.13. The molecule has 1 N–H and O–H groups in total. The Morgan fingerprint density at radius 1 is 1.57 bits per heavy atom. The van der Waals surface area contributed by atoms with Crippen molar-refractivity contribution >= 4 is 27.7 Å². The molecule has 21 heavy (non-hydrogen) atoms. The summed E-state index contributed by atoms with van der Waals surface area (Å²) in [5.41, 5.74) is 0.588. The number of carbonyl (C=O) groups is 1. The number of pyridine rings is 1. The number of carbonyl (C=O) groups excluding carboxylic acids is 1. The Balaban J connectivity index is 2.08. The molecule has 1 aromatic rings. The van der Waals surface area contributed by atoms with Crippen molar-refractivity contribution in [3.63, 3.8) is 0 Å². The Bertz CT molecular complexity index is 490. The molecule has 0 bridgehead atoms. The standard InChI is InChI=1S/C15H22BrN3O2/c1-3-17-14-13(8-11(16)9-18-14)15(20)19(2)10-12-6-4-5-7-21-12/h8-9,12H,3-7,10H2,1-2H3,(H,17,18). The van der Waals surface area contributed by atoms with Crippen LogP contribution in [0.2, 0.25) is 0 Å². The summed E-state index contributed by atoms with van der Waals surface area (Å²) >= 11 is 3.38. The van der Waals surface area contributed by atoms with E-state index in [1.807, 2.05) is 20.0 Å². The van der Waals surface area contributed by atoms with Crippen LogP contribution in [-0.2, 0) is 4.74 Å². The molecule has 1 aliphatic rings. The van der Waals surface area contributed by atoms with Gasteiger partial charge in [0.25, 0.3) is 5.91 Å². The Kier molecular flexibility index (Phi) is 5.99. The fraction of sp³-hybridized carbons (Fsp3) is 0.600. The van der Waals surface area contributed by atoms with Gasteiger partial charge in [-0.1, -0.05) is 0 Å². The highest BCUT2D eigenvalue weighted by molar-refractivity contribution is 9.10. The van der Waals surface area contributed by atoms with Crippen LogP contribution in [0.1, 0.15) is 36.5 Å². The maximum absolute atomic E-state index is 12.6. The fourth-order valence-electron chi connectivity index (χ4n) is 2.46. The lowest BCUT2D eigenvalue weighted by molar-refractivity contribution is -0.000179. The minimum absolute atomic E-state index is 0.0334. The van der Waals surface area contributed by atoms with Crippen LogP contribution < -0.4 is 5.32 Å². The molecule has 116 valence electrons. The number of halogens is 1. The Morgan fingerprint density at radius 2 is 2.38 bits per heavy atom. The molecule has 1 fully saturated rings. The van der Waals surface area contributed by atoms with Gasteiger partial charge >= 0.3 is 0 Å². The van der Waals surface area contributed by atoms with Crippen molar-refractivity contribution < 1.29 is 9.53 Å². The lowest BCUT2D eigenvalue weighted by atomic mass is 10.1. The molecule has 1 amide bonds. The summed E-state index contributed by atoms with van der Waals surface area (Å²) in [6.07, 6.45) is 5.16. The molecular weight excluding hydrogens is 334 g/mol. The van der Waals surface area contributed by atoms with Gasteiger partial charge < -0.3 is 15.0 Å². The van der Waals surface area contributed by atoms with Crippen molar-refractivity contribution in [2.75, 3.05) is 32.1 Å². The molecule has 1 aromatic heterocycles. The van der Waals surface area contributed by atoms with Gasteiger partial charge in [0.05, 0.1) is 11.7 Å². The predicted octanol–water partition coefficient (Wildman–Crippen LogP) is 2.92. The molecule has 1 atom stereocenters. The van der Waals surface area contributed by atoms with Crippen molar-refractivity contribution in [3.8, 4) is 0 Å². The molecule has 1 aliphatic heterocycles. The largest absolute Gasteiger partial charge is 0.376 e. The van der Waals surface area contributed by atoms with Gasteiger partial charge in [-0.25, -0.2) is 4.98 Å². The first-order chi connectivity index (χ1) is 10.1. The third-order valence-corrected chi connectivity index (χ3v) is 3.96. The molecule has 0 aromatic carbocycles. The summed E-state index contributed by atoms with van der Waals surface area (Å²) in [5, 5.41) is 3.13. The zero-order valence-corrected chi connectivity index (χ0v) is 14.1. The van der Waals surface area contributed by atoms with Gasteiger partial charge in [0.15, 0.2) is 0 Å². The first kappa shape index (κ1) is 16.2. The number of anilines is 1. The zero-order valence-electron chi connectivity index (χ0n) is 12.6. The van der Waals surface area contributed by atoms with Crippen LogP contribution in [-0.4, -0.2) is 48.6 Å². The smallest absolute Gasteiger partial charge is 0.257 e. The Hall–Kier alpha value is -1.14. The topological polar surface area (TPSA) is 54.5 Å². The second-order valence-corrected chi connectivity index (χ2v) is 6.17. The fourth-order valence-corrected chi connectivity index (χ4v) is 2.79. The Morgan fingerprint density at radius 3 is 3.05 bits per heavy atom. The van der Waals surface area contributed by atoms with Crippen LogP contribution in [0, 0.1) is 0 Å². The van der Waals surface area contributed by atoms with Crippen LogP contribution >= 0.6 is 15.9 Å². The van der Waals surface area contributed by atoms with Gasteiger partial charge in [-0.3, -0.25) is 4.79 Å². The third-order valence-electron chi connectivity index (χ3n) is 3.53. The molecule has 6 heteroatoms. The van der Waals surface area contributed by atoms with Crippen LogP contribution in [0.4, 0.5) is 5.82 Å². The summed E-state index contributed by atoms with van der Waals surface area (Å²) in [5.74, 6) is 0.594. The molecule has 0 saturated carbocycles. The van der Waals surface area contributed by atoms with E-state index >= 15 is 0 Å². The predicted molar refractivity (Wildman–Crippen MR) is 86.7 cm³/mol. The quantitative estimate of drug-likeness (QED) is 0.882. The number of aromatic nitrogens is 1. The Labute approximate surface area is 134 Å². The number of nitrogens with one attached hydrogen (secondary N) is 1. The molecular formula is C15H22BrN3O2. The van der Waals surface area contributed by atoms with E-state index in [4.69, 9.17) is 4.74 Å². The highest BCUT2D eigenvalue weighted by atomic mass is 79.9. The van der Waals surface area contributed by atoms with E-state index in [9.17, 15) is 4.79 Å². The number of amides is 1. The monoisotopic (exact) mass is 355 g/mol. The molecule has 0 spiro atoms. The summed E-state index contributed by atoms with van der Waals surface area (Å²) in [6, 6.07) is 1.81.